The first kappa shape index (κ1) is 20.5. The number of hydrogen-bond acceptors (Lipinski definition) is 4. The van der Waals surface area contributed by atoms with Crippen molar-refractivity contribution in [1.82, 2.24) is 5.32 Å². The molecule has 6 heteroatoms. The van der Waals surface area contributed by atoms with Crippen molar-refractivity contribution < 1.29 is 19.1 Å². The van der Waals surface area contributed by atoms with Crippen molar-refractivity contribution >= 4 is 17.7 Å². The first-order valence-electron chi connectivity index (χ1n) is 9.10. The fraction of sp³-hybridized carbons (Fsp3) is 0.333. The van der Waals surface area contributed by atoms with Crippen LogP contribution in [0.4, 0.5) is 10.5 Å². The molecule has 0 bridgehead atoms. The highest BCUT2D eigenvalue weighted by molar-refractivity contribution is 5.96. The molecule has 0 saturated carbocycles. The van der Waals surface area contributed by atoms with Crippen molar-refractivity contribution in [2.24, 2.45) is 0 Å². The van der Waals surface area contributed by atoms with Gasteiger partial charge in [0.1, 0.15) is 6.04 Å². The zero-order valence-electron chi connectivity index (χ0n) is 15.5. The van der Waals surface area contributed by atoms with Crippen LogP contribution in [0.3, 0.4) is 0 Å². The summed E-state index contributed by atoms with van der Waals surface area (Å²) in [6.07, 6.45) is 1.07. The predicted molar refractivity (Wildman–Crippen MR) is 104 cm³/mol. The van der Waals surface area contributed by atoms with E-state index in [9.17, 15) is 9.59 Å². The topological polar surface area (TPSA) is 76.7 Å². The van der Waals surface area contributed by atoms with Crippen LogP contribution in [0.25, 0.3) is 0 Å². The van der Waals surface area contributed by atoms with Crippen molar-refractivity contribution in [2.45, 2.75) is 32.4 Å². The molecule has 0 aliphatic rings. The molecule has 0 saturated heterocycles. The van der Waals surface area contributed by atoms with Crippen molar-refractivity contribution in [3.8, 4) is 0 Å². The molecule has 2 amide bonds. The molecule has 2 rings (SSSR count). The highest BCUT2D eigenvalue weighted by atomic mass is 16.5. The first-order chi connectivity index (χ1) is 13.2. The van der Waals surface area contributed by atoms with Gasteiger partial charge in [-0.1, -0.05) is 61.9 Å². The zero-order chi connectivity index (χ0) is 19.3. The van der Waals surface area contributed by atoms with E-state index >= 15 is 0 Å². The molecule has 0 aromatic heterocycles. The number of hydrogen-bond donors (Lipinski definition) is 2. The molecule has 0 spiro atoms. The Labute approximate surface area is 159 Å². The lowest BCUT2D eigenvalue weighted by atomic mass is 10.2. The van der Waals surface area contributed by atoms with Crippen molar-refractivity contribution in [1.29, 1.82) is 0 Å². The molecule has 2 N–H and O–H groups in total. The smallest absolute Gasteiger partial charge is 0.407 e. The summed E-state index contributed by atoms with van der Waals surface area (Å²) >= 11 is 0. The normalized spacial score (nSPS) is 11.4. The van der Waals surface area contributed by atoms with Gasteiger partial charge >= 0.3 is 6.09 Å². The molecule has 6 nitrogen and oxygen atoms in total. The van der Waals surface area contributed by atoms with Crippen LogP contribution in [0.15, 0.2) is 60.7 Å². The third kappa shape index (κ3) is 7.92. The summed E-state index contributed by atoms with van der Waals surface area (Å²) in [6.45, 7) is 2.72. The number of unbranched alkanes of at least 4 members (excludes halogenated alkanes) is 1. The highest BCUT2D eigenvalue weighted by Crippen LogP contribution is 2.07. The lowest BCUT2D eigenvalue weighted by Crippen LogP contribution is -2.47. The maximum atomic E-state index is 12.6. The number of ether oxygens (including phenoxy) is 2. The Bertz CT molecular complexity index is 692. The number of carbonyl (C=O) groups excluding carboxylic acids is 2. The molecule has 2 aromatic carbocycles. The van der Waals surface area contributed by atoms with E-state index in [0.717, 1.165) is 18.4 Å². The molecule has 1 unspecified atom stereocenters. The number of benzene rings is 2. The minimum Gasteiger partial charge on any atom is -0.450 e. The number of para-hydroxylation sites is 1. The van der Waals surface area contributed by atoms with Crippen molar-refractivity contribution in [3.63, 3.8) is 0 Å². The minimum atomic E-state index is -0.858. The van der Waals surface area contributed by atoms with Crippen LogP contribution >= 0.6 is 0 Å². The number of rotatable bonds is 10. The fourth-order valence-corrected chi connectivity index (χ4v) is 2.30. The van der Waals surface area contributed by atoms with Crippen molar-refractivity contribution in [2.75, 3.05) is 18.5 Å². The second-order valence-corrected chi connectivity index (χ2v) is 6.04. The standard InChI is InChI=1S/C21H26N2O4/c1-2-3-14-27-21(25)23-19(16-26-15-17-10-6-4-7-11-17)20(24)22-18-12-8-5-9-13-18/h4-13,19H,2-3,14-16H2,1H3,(H,22,24)(H,23,25). The van der Waals surface area contributed by atoms with Gasteiger partial charge in [0.15, 0.2) is 0 Å². The Morgan fingerprint density at radius 3 is 2.33 bits per heavy atom. The SMILES string of the molecule is CCCCOC(=O)NC(COCc1ccccc1)C(=O)Nc1ccccc1. The molecule has 2 aromatic rings. The molecule has 27 heavy (non-hydrogen) atoms. The Morgan fingerprint density at radius 1 is 1.00 bits per heavy atom. The lowest BCUT2D eigenvalue weighted by Gasteiger charge is -2.18. The second kappa shape index (κ2) is 11.7. The van der Waals surface area contributed by atoms with Crippen molar-refractivity contribution in [3.05, 3.63) is 66.2 Å². The van der Waals surface area contributed by atoms with E-state index in [-0.39, 0.29) is 12.5 Å². The summed E-state index contributed by atoms with van der Waals surface area (Å²) in [5, 5.41) is 5.36. The van der Waals surface area contributed by atoms with Gasteiger partial charge in [0, 0.05) is 5.69 Å². The van der Waals surface area contributed by atoms with E-state index < -0.39 is 12.1 Å². The Balaban J connectivity index is 1.91. The van der Waals surface area contributed by atoms with E-state index in [0.29, 0.717) is 18.9 Å². The zero-order valence-corrected chi connectivity index (χ0v) is 15.5. The molecular weight excluding hydrogens is 344 g/mol. The Kier molecular flexibility index (Phi) is 8.86. The minimum absolute atomic E-state index is 0.0381. The van der Waals surface area contributed by atoms with Gasteiger partial charge in [0.05, 0.1) is 19.8 Å². The van der Waals surface area contributed by atoms with Gasteiger partial charge in [0.25, 0.3) is 0 Å². The van der Waals surface area contributed by atoms with Gasteiger partial charge in [-0.25, -0.2) is 4.79 Å². The highest BCUT2D eigenvalue weighted by Gasteiger charge is 2.22. The van der Waals surface area contributed by atoms with Crippen LogP contribution in [0, 0.1) is 0 Å². The van der Waals surface area contributed by atoms with E-state index in [2.05, 4.69) is 10.6 Å². The molecule has 1 atom stereocenters. The first-order valence-corrected chi connectivity index (χ1v) is 9.10. The van der Waals surface area contributed by atoms with E-state index in [1.54, 1.807) is 12.1 Å². The summed E-state index contributed by atoms with van der Waals surface area (Å²) in [5.74, 6) is -0.360. The van der Waals surface area contributed by atoms with E-state index in [1.165, 1.54) is 0 Å². The van der Waals surface area contributed by atoms with Gasteiger partial charge in [-0.15, -0.1) is 0 Å². The molecule has 0 radical (unpaired) electrons. The third-order valence-electron chi connectivity index (χ3n) is 3.78. The summed E-state index contributed by atoms with van der Waals surface area (Å²) < 4.78 is 10.7. The molecule has 0 fully saturated rings. The van der Waals surface area contributed by atoms with Crippen LogP contribution in [0.1, 0.15) is 25.3 Å². The summed E-state index contributed by atoms with van der Waals surface area (Å²) in [6, 6.07) is 17.8. The van der Waals surface area contributed by atoms with Crippen LogP contribution < -0.4 is 10.6 Å². The molecule has 144 valence electrons. The second-order valence-electron chi connectivity index (χ2n) is 6.04. The molecular formula is C21H26N2O4. The summed E-state index contributed by atoms with van der Waals surface area (Å²) in [7, 11) is 0. The average molecular weight is 370 g/mol. The number of alkyl carbamates (subject to hydrolysis) is 1. The Morgan fingerprint density at radius 2 is 1.67 bits per heavy atom. The Hall–Kier alpha value is -2.86. The average Bonchev–Trinajstić information content (AvgIpc) is 2.69. The largest absolute Gasteiger partial charge is 0.450 e. The molecule has 0 aliphatic carbocycles. The van der Waals surface area contributed by atoms with Crippen LogP contribution in [-0.2, 0) is 20.9 Å². The number of nitrogens with one attached hydrogen (secondary N) is 2. The van der Waals surface area contributed by atoms with Gasteiger partial charge in [0.2, 0.25) is 5.91 Å². The van der Waals surface area contributed by atoms with Crippen LogP contribution in [0.2, 0.25) is 0 Å². The van der Waals surface area contributed by atoms with Gasteiger partial charge in [-0.3, -0.25) is 4.79 Å². The lowest BCUT2D eigenvalue weighted by molar-refractivity contribution is -0.119. The van der Waals surface area contributed by atoms with Crippen LogP contribution in [0.5, 0.6) is 0 Å². The molecule has 0 aliphatic heterocycles. The third-order valence-corrected chi connectivity index (χ3v) is 3.78. The van der Waals surface area contributed by atoms with E-state index in [1.807, 2.05) is 55.5 Å². The van der Waals surface area contributed by atoms with E-state index in [4.69, 9.17) is 9.47 Å². The number of anilines is 1. The molecule has 0 heterocycles. The summed E-state index contributed by atoms with van der Waals surface area (Å²) in [4.78, 5) is 24.5. The quantitative estimate of drug-likeness (QED) is 0.625. The van der Waals surface area contributed by atoms with Gasteiger partial charge < -0.3 is 20.1 Å². The van der Waals surface area contributed by atoms with Crippen LogP contribution in [-0.4, -0.2) is 31.3 Å². The van der Waals surface area contributed by atoms with Gasteiger partial charge in [-0.05, 0) is 24.1 Å². The number of carbonyl (C=O) groups is 2. The summed E-state index contributed by atoms with van der Waals surface area (Å²) in [5.41, 5.74) is 1.64. The fourth-order valence-electron chi connectivity index (χ4n) is 2.30. The maximum Gasteiger partial charge on any atom is 0.407 e. The van der Waals surface area contributed by atoms with Gasteiger partial charge in [-0.2, -0.15) is 0 Å². The monoisotopic (exact) mass is 370 g/mol. The predicted octanol–water partition coefficient (Wildman–Crippen LogP) is 3.74. The maximum absolute atomic E-state index is 12.6. The number of amides is 2.